The van der Waals surface area contributed by atoms with Crippen LogP contribution in [0.3, 0.4) is 0 Å². The molecule has 0 amide bonds. The van der Waals surface area contributed by atoms with Gasteiger partial charge in [-0.1, -0.05) is 12.2 Å². The number of hydrogen-bond donors (Lipinski definition) is 1. The van der Waals surface area contributed by atoms with Crippen molar-refractivity contribution in [2.45, 2.75) is 19.4 Å². The molecule has 1 aromatic carbocycles. The van der Waals surface area contributed by atoms with E-state index >= 15 is 0 Å². The van der Waals surface area contributed by atoms with E-state index in [1.165, 1.54) is 0 Å². The molecule has 0 bridgehead atoms. The minimum absolute atomic E-state index is 0.0971. The Balaban J connectivity index is 2.19. The molecule has 0 spiro atoms. The van der Waals surface area contributed by atoms with Crippen LogP contribution in [0.1, 0.15) is 18.9 Å². The van der Waals surface area contributed by atoms with Crippen LogP contribution in [-0.2, 0) is 4.74 Å². The quantitative estimate of drug-likeness (QED) is 0.826. The van der Waals surface area contributed by atoms with Gasteiger partial charge in [-0.3, -0.25) is 0 Å². The molecule has 0 saturated carbocycles. The average Bonchev–Trinajstić information content (AvgIpc) is 2.84. The highest BCUT2D eigenvalue weighted by molar-refractivity contribution is 7.80. The van der Waals surface area contributed by atoms with Crippen molar-refractivity contribution in [1.29, 1.82) is 0 Å². The van der Waals surface area contributed by atoms with Gasteiger partial charge in [0.1, 0.15) is 11.1 Å². The molecule has 1 heterocycles. The van der Waals surface area contributed by atoms with E-state index < -0.39 is 0 Å². The van der Waals surface area contributed by atoms with Crippen molar-refractivity contribution >= 4 is 17.2 Å². The maximum atomic E-state index is 5.86. The minimum atomic E-state index is 0.0971. The Kier molecular flexibility index (Phi) is 4.38. The van der Waals surface area contributed by atoms with Crippen LogP contribution in [0.4, 0.5) is 0 Å². The van der Waals surface area contributed by atoms with Gasteiger partial charge in [0.05, 0.1) is 19.8 Å². The van der Waals surface area contributed by atoms with Gasteiger partial charge in [0.2, 0.25) is 0 Å². The van der Waals surface area contributed by atoms with Crippen LogP contribution in [0.15, 0.2) is 18.2 Å². The number of ether oxygens (including phenoxy) is 3. The second kappa shape index (κ2) is 6.02. The van der Waals surface area contributed by atoms with E-state index in [0.29, 0.717) is 29.7 Å². The van der Waals surface area contributed by atoms with Crippen molar-refractivity contribution in [2.24, 2.45) is 5.73 Å². The van der Waals surface area contributed by atoms with Gasteiger partial charge in [-0.05, 0) is 25.1 Å². The summed E-state index contributed by atoms with van der Waals surface area (Å²) in [7, 11) is 0. The van der Waals surface area contributed by atoms with Crippen LogP contribution in [-0.4, -0.2) is 30.9 Å². The molecule has 1 fully saturated rings. The van der Waals surface area contributed by atoms with Gasteiger partial charge in [0, 0.05) is 12.0 Å². The standard InChI is InChI=1S/C13H17NO3S/c1-2-16-12-7-9(13(14)18)3-4-11(12)17-10-5-6-15-8-10/h3-4,7,10H,2,5-6,8H2,1H3,(H2,14,18). The van der Waals surface area contributed by atoms with Crippen molar-refractivity contribution in [1.82, 2.24) is 0 Å². The van der Waals surface area contributed by atoms with E-state index in [2.05, 4.69) is 0 Å². The predicted octanol–water partition coefficient (Wildman–Crippen LogP) is 1.89. The summed E-state index contributed by atoms with van der Waals surface area (Å²) in [5, 5.41) is 0. The van der Waals surface area contributed by atoms with E-state index in [1.54, 1.807) is 0 Å². The van der Waals surface area contributed by atoms with Gasteiger partial charge in [0.25, 0.3) is 0 Å². The number of hydrogen-bond acceptors (Lipinski definition) is 4. The Labute approximate surface area is 112 Å². The van der Waals surface area contributed by atoms with Gasteiger partial charge in [0.15, 0.2) is 11.5 Å². The molecule has 1 unspecified atom stereocenters. The largest absolute Gasteiger partial charge is 0.490 e. The average molecular weight is 267 g/mol. The number of rotatable bonds is 5. The summed E-state index contributed by atoms with van der Waals surface area (Å²) in [5.41, 5.74) is 6.39. The van der Waals surface area contributed by atoms with E-state index in [-0.39, 0.29) is 6.10 Å². The summed E-state index contributed by atoms with van der Waals surface area (Å²) in [5.74, 6) is 1.39. The van der Waals surface area contributed by atoms with E-state index in [0.717, 1.165) is 18.6 Å². The van der Waals surface area contributed by atoms with Crippen LogP contribution in [0.2, 0.25) is 0 Å². The molecule has 2 rings (SSSR count). The molecule has 18 heavy (non-hydrogen) atoms. The van der Waals surface area contributed by atoms with Crippen LogP contribution in [0.25, 0.3) is 0 Å². The van der Waals surface area contributed by atoms with E-state index in [1.807, 2.05) is 25.1 Å². The van der Waals surface area contributed by atoms with Crippen molar-refractivity contribution in [3.63, 3.8) is 0 Å². The summed E-state index contributed by atoms with van der Waals surface area (Å²) in [6, 6.07) is 5.50. The lowest BCUT2D eigenvalue weighted by molar-refractivity contribution is 0.138. The van der Waals surface area contributed by atoms with Gasteiger partial charge in [-0.15, -0.1) is 0 Å². The molecule has 1 aliphatic rings. The van der Waals surface area contributed by atoms with Crippen LogP contribution >= 0.6 is 12.2 Å². The van der Waals surface area contributed by atoms with Crippen molar-refractivity contribution in [2.75, 3.05) is 19.8 Å². The molecular formula is C13H17NO3S. The van der Waals surface area contributed by atoms with Crippen molar-refractivity contribution in [3.05, 3.63) is 23.8 Å². The lowest BCUT2D eigenvalue weighted by atomic mass is 10.2. The zero-order chi connectivity index (χ0) is 13.0. The number of nitrogens with two attached hydrogens (primary N) is 1. The topological polar surface area (TPSA) is 53.7 Å². The molecule has 1 aromatic rings. The number of thiocarbonyl (C=S) groups is 1. The highest BCUT2D eigenvalue weighted by Gasteiger charge is 2.19. The van der Waals surface area contributed by atoms with E-state index in [4.69, 9.17) is 32.2 Å². The fourth-order valence-corrected chi connectivity index (χ4v) is 1.94. The molecule has 0 aliphatic carbocycles. The highest BCUT2D eigenvalue weighted by Crippen LogP contribution is 2.30. The third kappa shape index (κ3) is 3.11. The molecule has 5 heteroatoms. The first-order chi connectivity index (χ1) is 8.70. The predicted molar refractivity (Wildman–Crippen MR) is 73.4 cm³/mol. The molecule has 2 N–H and O–H groups in total. The van der Waals surface area contributed by atoms with Gasteiger partial charge >= 0.3 is 0 Å². The molecule has 4 nitrogen and oxygen atoms in total. The SMILES string of the molecule is CCOc1cc(C(N)=S)ccc1OC1CCOC1. The van der Waals surface area contributed by atoms with Crippen molar-refractivity contribution in [3.8, 4) is 11.5 Å². The Morgan fingerprint density at radius 3 is 2.94 bits per heavy atom. The Morgan fingerprint density at radius 2 is 2.33 bits per heavy atom. The summed E-state index contributed by atoms with van der Waals surface area (Å²) in [6.07, 6.45) is 1.00. The fourth-order valence-electron chi connectivity index (χ4n) is 1.81. The first-order valence-electron chi connectivity index (χ1n) is 6.01. The second-order valence-electron chi connectivity index (χ2n) is 4.06. The lowest BCUT2D eigenvalue weighted by Crippen LogP contribution is -2.17. The Morgan fingerprint density at radius 1 is 1.50 bits per heavy atom. The molecular weight excluding hydrogens is 250 g/mol. The summed E-state index contributed by atoms with van der Waals surface area (Å²) in [6.45, 7) is 3.87. The Hall–Kier alpha value is -1.33. The molecule has 0 aromatic heterocycles. The first kappa shape index (κ1) is 13.1. The Bertz CT molecular complexity index is 430. The normalized spacial score (nSPS) is 18.6. The molecule has 1 saturated heterocycles. The lowest BCUT2D eigenvalue weighted by Gasteiger charge is -2.16. The zero-order valence-corrected chi connectivity index (χ0v) is 11.2. The first-order valence-corrected chi connectivity index (χ1v) is 6.42. The fraction of sp³-hybridized carbons (Fsp3) is 0.462. The molecule has 1 atom stereocenters. The van der Waals surface area contributed by atoms with Crippen LogP contribution in [0.5, 0.6) is 11.5 Å². The maximum absolute atomic E-state index is 5.86. The summed E-state index contributed by atoms with van der Waals surface area (Å²) in [4.78, 5) is 0.353. The highest BCUT2D eigenvalue weighted by atomic mass is 32.1. The smallest absolute Gasteiger partial charge is 0.161 e. The molecule has 0 radical (unpaired) electrons. The van der Waals surface area contributed by atoms with E-state index in [9.17, 15) is 0 Å². The van der Waals surface area contributed by atoms with Gasteiger partial charge in [-0.25, -0.2) is 0 Å². The summed E-state index contributed by atoms with van der Waals surface area (Å²) >= 11 is 4.95. The monoisotopic (exact) mass is 267 g/mol. The van der Waals surface area contributed by atoms with Gasteiger partial charge in [-0.2, -0.15) is 0 Å². The van der Waals surface area contributed by atoms with Crippen LogP contribution < -0.4 is 15.2 Å². The minimum Gasteiger partial charge on any atom is -0.490 e. The third-order valence-electron chi connectivity index (χ3n) is 2.71. The molecule has 98 valence electrons. The summed E-state index contributed by atoms with van der Waals surface area (Å²) < 4.78 is 16.7. The van der Waals surface area contributed by atoms with Gasteiger partial charge < -0.3 is 19.9 Å². The number of benzene rings is 1. The third-order valence-corrected chi connectivity index (χ3v) is 2.95. The maximum Gasteiger partial charge on any atom is 0.161 e. The van der Waals surface area contributed by atoms with Crippen molar-refractivity contribution < 1.29 is 14.2 Å². The second-order valence-corrected chi connectivity index (χ2v) is 4.50. The van der Waals surface area contributed by atoms with Crippen LogP contribution in [0, 0.1) is 0 Å². The zero-order valence-electron chi connectivity index (χ0n) is 10.3. The molecule has 1 aliphatic heterocycles.